The van der Waals surface area contributed by atoms with Crippen molar-refractivity contribution in [2.75, 3.05) is 11.1 Å². The average molecular weight is 359 g/mol. The zero-order valence-electron chi connectivity index (χ0n) is 12.3. The topological polar surface area (TPSA) is 59.8 Å². The van der Waals surface area contributed by atoms with Crippen molar-refractivity contribution in [3.8, 4) is 0 Å². The highest BCUT2D eigenvalue weighted by atomic mass is 35.5. The van der Waals surface area contributed by atoms with Gasteiger partial charge in [-0.05, 0) is 25.1 Å². The lowest BCUT2D eigenvalue weighted by Gasteiger charge is -2.07. The number of thioether (sulfide) groups is 1. The van der Waals surface area contributed by atoms with Gasteiger partial charge in [0.15, 0.2) is 5.16 Å². The molecule has 0 aliphatic heterocycles. The van der Waals surface area contributed by atoms with Gasteiger partial charge in [0.2, 0.25) is 5.91 Å². The molecule has 0 radical (unpaired) electrons. The number of nitrogens with zero attached hydrogens (tertiary/aromatic N) is 3. The third kappa shape index (κ3) is 4.15. The lowest BCUT2D eigenvalue weighted by Crippen LogP contribution is -2.14. The second-order valence-electron chi connectivity index (χ2n) is 4.46. The van der Waals surface area contributed by atoms with Gasteiger partial charge in [-0.1, -0.05) is 41.9 Å². The Hall–Kier alpha value is -1.24. The summed E-state index contributed by atoms with van der Waals surface area (Å²) in [6.07, 6.45) is 0.816. The molecule has 0 bridgehead atoms. The predicted molar refractivity (Wildman–Crippen MR) is 90.9 cm³/mol. The summed E-state index contributed by atoms with van der Waals surface area (Å²) < 4.78 is 2.01. The number of amides is 1. The van der Waals surface area contributed by atoms with E-state index >= 15 is 0 Å². The van der Waals surface area contributed by atoms with Crippen LogP contribution in [0.15, 0.2) is 23.4 Å². The molecule has 0 saturated heterocycles. The summed E-state index contributed by atoms with van der Waals surface area (Å²) in [4.78, 5) is 12.0. The Morgan fingerprint density at radius 1 is 1.27 bits per heavy atom. The zero-order chi connectivity index (χ0) is 16.1. The highest BCUT2D eigenvalue weighted by Crippen LogP contribution is 2.25. The fraction of sp³-hybridized carbons (Fsp3) is 0.357. The van der Waals surface area contributed by atoms with Gasteiger partial charge in [-0.2, -0.15) is 0 Å². The lowest BCUT2D eigenvalue weighted by atomic mass is 10.3. The Balaban J connectivity index is 1.95. The molecule has 1 N–H and O–H groups in total. The zero-order valence-corrected chi connectivity index (χ0v) is 14.6. The molecule has 2 rings (SSSR count). The van der Waals surface area contributed by atoms with Crippen LogP contribution in [0.4, 0.5) is 5.69 Å². The first-order valence-corrected chi connectivity index (χ1v) is 8.59. The van der Waals surface area contributed by atoms with Crippen LogP contribution in [-0.2, 0) is 17.8 Å². The van der Waals surface area contributed by atoms with Gasteiger partial charge >= 0.3 is 0 Å². The summed E-state index contributed by atoms with van der Waals surface area (Å²) in [6, 6.07) is 4.98. The number of carbonyl (C=O) groups excluding carboxylic acids is 1. The molecule has 0 fully saturated rings. The van der Waals surface area contributed by atoms with Crippen LogP contribution >= 0.6 is 35.0 Å². The van der Waals surface area contributed by atoms with Crippen LogP contribution < -0.4 is 5.32 Å². The average Bonchev–Trinajstić information content (AvgIpc) is 2.91. The summed E-state index contributed by atoms with van der Waals surface area (Å²) in [5, 5.41) is 12.6. The Bertz CT molecular complexity index is 675. The van der Waals surface area contributed by atoms with Crippen molar-refractivity contribution < 1.29 is 4.79 Å². The number of aromatic nitrogens is 3. The number of hydrogen-bond donors (Lipinski definition) is 1. The number of carbonyl (C=O) groups is 1. The summed E-state index contributed by atoms with van der Waals surface area (Å²) >= 11 is 13.1. The number of aryl methyl sites for hydroxylation is 1. The molecule has 0 saturated carbocycles. The molecule has 5 nitrogen and oxygen atoms in total. The molecule has 0 aliphatic carbocycles. The van der Waals surface area contributed by atoms with Gasteiger partial charge in [-0.25, -0.2) is 0 Å². The van der Waals surface area contributed by atoms with Crippen molar-refractivity contribution in [1.29, 1.82) is 0 Å². The molecule has 0 atom stereocenters. The molecule has 1 amide bonds. The molecule has 0 unspecified atom stereocenters. The van der Waals surface area contributed by atoms with E-state index in [1.165, 1.54) is 11.8 Å². The molecule has 22 heavy (non-hydrogen) atoms. The van der Waals surface area contributed by atoms with E-state index in [4.69, 9.17) is 23.2 Å². The molecule has 8 heteroatoms. The number of halogens is 2. The first-order chi connectivity index (χ1) is 10.5. The van der Waals surface area contributed by atoms with E-state index in [1.54, 1.807) is 18.2 Å². The van der Waals surface area contributed by atoms with Crippen LogP contribution in [0.25, 0.3) is 0 Å². The van der Waals surface area contributed by atoms with Crippen LogP contribution in [0.5, 0.6) is 0 Å². The van der Waals surface area contributed by atoms with E-state index in [0.717, 1.165) is 23.9 Å². The lowest BCUT2D eigenvalue weighted by molar-refractivity contribution is -0.113. The molecule has 2 aromatic rings. The summed E-state index contributed by atoms with van der Waals surface area (Å²) in [7, 11) is 0. The highest BCUT2D eigenvalue weighted by Gasteiger charge is 2.12. The van der Waals surface area contributed by atoms with E-state index in [2.05, 4.69) is 15.5 Å². The van der Waals surface area contributed by atoms with Crippen LogP contribution in [0.3, 0.4) is 0 Å². The van der Waals surface area contributed by atoms with Crippen LogP contribution in [0.2, 0.25) is 10.0 Å². The van der Waals surface area contributed by atoms with Gasteiger partial charge < -0.3 is 9.88 Å². The van der Waals surface area contributed by atoms with Gasteiger partial charge in [-0.15, -0.1) is 10.2 Å². The van der Waals surface area contributed by atoms with E-state index in [-0.39, 0.29) is 11.7 Å². The van der Waals surface area contributed by atoms with Crippen molar-refractivity contribution in [3.05, 3.63) is 34.1 Å². The van der Waals surface area contributed by atoms with Crippen molar-refractivity contribution in [2.24, 2.45) is 0 Å². The van der Waals surface area contributed by atoms with Crippen LogP contribution in [-0.4, -0.2) is 26.4 Å². The van der Waals surface area contributed by atoms with Gasteiger partial charge in [0.05, 0.1) is 15.8 Å². The maximum absolute atomic E-state index is 12.0. The molecule has 1 aromatic heterocycles. The smallest absolute Gasteiger partial charge is 0.234 e. The number of benzene rings is 1. The normalized spacial score (nSPS) is 10.7. The first kappa shape index (κ1) is 17.1. The van der Waals surface area contributed by atoms with Crippen molar-refractivity contribution in [3.63, 3.8) is 0 Å². The maximum atomic E-state index is 12.0. The summed E-state index contributed by atoms with van der Waals surface area (Å²) in [5.74, 6) is 1.05. The first-order valence-electron chi connectivity index (χ1n) is 6.84. The van der Waals surface area contributed by atoms with Gasteiger partial charge in [0, 0.05) is 18.7 Å². The minimum Gasteiger partial charge on any atom is -0.325 e. The maximum Gasteiger partial charge on any atom is 0.234 e. The van der Waals surface area contributed by atoms with Crippen molar-refractivity contribution in [2.45, 2.75) is 32.0 Å². The monoisotopic (exact) mass is 358 g/mol. The Morgan fingerprint density at radius 3 is 2.68 bits per heavy atom. The third-order valence-electron chi connectivity index (χ3n) is 2.96. The second-order valence-corrected chi connectivity index (χ2v) is 6.22. The molecule has 1 heterocycles. The number of rotatable bonds is 6. The summed E-state index contributed by atoms with van der Waals surface area (Å²) in [6.45, 7) is 4.84. The van der Waals surface area contributed by atoms with Gasteiger partial charge in [-0.3, -0.25) is 4.79 Å². The SMILES string of the molecule is CCc1nnc(SCC(=O)Nc2ccc(Cl)c(Cl)c2)n1CC. The number of nitrogens with one attached hydrogen (secondary N) is 1. The minimum absolute atomic E-state index is 0.132. The molecule has 0 spiro atoms. The quantitative estimate of drug-likeness (QED) is 0.795. The van der Waals surface area contributed by atoms with Crippen LogP contribution in [0.1, 0.15) is 19.7 Å². The Labute approximate surface area is 143 Å². The van der Waals surface area contributed by atoms with E-state index < -0.39 is 0 Å². The van der Waals surface area contributed by atoms with E-state index in [1.807, 2.05) is 18.4 Å². The standard InChI is InChI=1S/C14H16Cl2N4OS/c1-3-12-18-19-14(20(12)4-2)22-8-13(21)17-9-5-6-10(15)11(16)7-9/h5-7H,3-4,8H2,1-2H3,(H,17,21). The fourth-order valence-electron chi connectivity index (χ4n) is 1.91. The second kappa shape index (κ2) is 7.85. The molecular formula is C14H16Cl2N4OS. The number of hydrogen-bond acceptors (Lipinski definition) is 4. The number of anilines is 1. The molecular weight excluding hydrogens is 343 g/mol. The van der Waals surface area contributed by atoms with Crippen molar-refractivity contribution >= 4 is 46.6 Å². The van der Waals surface area contributed by atoms with E-state index in [0.29, 0.717) is 15.7 Å². The summed E-state index contributed by atoms with van der Waals surface area (Å²) in [5.41, 5.74) is 0.617. The van der Waals surface area contributed by atoms with Crippen molar-refractivity contribution in [1.82, 2.24) is 14.8 Å². The van der Waals surface area contributed by atoms with Gasteiger partial charge in [0.25, 0.3) is 0 Å². The minimum atomic E-state index is -0.132. The molecule has 118 valence electrons. The van der Waals surface area contributed by atoms with Gasteiger partial charge in [0.1, 0.15) is 5.82 Å². The third-order valence-corrected chi connectivity index (χ3v) is 4.67. The molecule has 0 aliphatic rings. The highest BCUT2D eigenvalue weighted by molar-refractivity contribution is 7.99. The van der Waals surface area contributed by atoms with E-state index in [9.17, 15) is 4.79 Å². The largest absolute Gasteiger partial charge is 0.325 e. The Kier molecular flexibility index (Phi) is 6.11. The fourth-order valence-corrected chi connectivity index (χ4v) is 3.03. The Morgan fingerprint density at radius 2 is 2.05 bits per heavy atom. The predicted octanol–water partition coefficient (Wildman–Crippen LogP) is 3.90. The van der Waals surface area contributed by atoms with Crippen LogP contribution in [0, 0.1) is 0 Å². The molecule has 1 aromatic carbocycles.